The molecule has 0 amide bonds. The molecule has 0 spiro atoms. The van der Waals surface area contributed by atoms with Crippen LogP contribution in [-0.2, 0) is 57.0 Å². The molecule has 0 saturated carbocycles. The van der Waals surface area contributed by atoms with Gasteiger partial charge < -0.3 is 47.4 Å². The number of hydrogen-bond donors (Lipinski definition) is 0. The maximum absolute atomic E-state index is 11.6. The van der Waals surface area contributed by atoms with Crippen molar-refractivity contribution in [3.63, 3.8) is 0 Å². The molecule has 12 nitrogen and oxygen atoms in total. The molecule has 0 aromatic rings. The first-order valence-electron chi connectivity index (χ1n) is 17.6. The van der Waals surface area contributed by atoms with Crippen LogP contribution in [0.3, 0.4) is 0 Å². The highest BCUT2D eigenvalue weighted by Gasteiger charge is 2.23. The average molecular weight is 667 g/mol. The summed E-state index contributed by atoms with van der Waals surface area (Å²) in [7, 11) is 0. The Morgan fingerprint density at radius 1 is 0.435 bits per heavy atom. The van der Waals surface area contributed by atoms with E-state index in [1.807, 2.05) is 0 Å². The topological polar surface area (TPSA) is 126 Å². The van der Waals surface area contributed by atoms with E-state index in [1.165, 1.54) is 58.3 Å². The van der Waals surface area contributed by atoms with E-state index in [-0.39, 0.29) is 6.61 Å². The Balaban J connectivity index is 0.000000711. The zero-order chi connectivity index (χ0) is 33.6. The first kappa shape index (κ1) is 44.6. The third-order valence-electron chi connectivity index (χ3n) is 6.71. The van der Waals surface area contributed by atoms with Gasteiger partial charge in [-0.25, -0.2) is 0 Å². The average Bonchev–Trinajstić information content (AvgIpc) is 3.04. The van der Waals surface area contributed by atoms with Crippen LogP contribution in [-0.4, -0.2) is 131 Å². The minimum Gasteiger partial charge on any atom is -0.465 e. The minimum absolute atomic E-state index is 0.287. The summed E-state index contributed by atoms with van der Waals surface area (Å²) in [6.45, 7) is 16.4. The van der Waals surface area contributed by atoms with Crippen LogP contribution in [0.4, 0.5) is 0 Å². The maximum Gasteiger partial charge on any atom is 0.320 e. The molecule has 274 valence electrons. The maximum atomic E-state index is 11.6. The van der Waals surface area contributed by atoms with Gasteiger partial charge in [-0.1, -0.05) is 64.7 Å². The second kappa shape index (κ2) is 38.1. The van der Waals surface area contributed by atoms with E-state index in [0.29, 0.717) is 112 Å². The molecule has 2 saturated heterocycles. The van der Waals surface area contributed by atoms with Crippen molar-refractivity contribution in [2.75, 3.05) is 119 Å². The Morgan fingerprint density at radius 2 is 0.696 bits per heavy atom. The van der Waals surface area contributed by atoms with Gasteiger partial charge >= 0.3 is 11.9 Å². The van der Waals surface area contributed by atoms with Crippen molar-refractivity contribution in [2.45, 2.75) is 85.0 Å². The van der Waals surface area contributed by atoms with Crippen LogP contribution in [0.15, 0.2) is 0 Å². The predicted molar refractivity (Wildman–Crippen MR) is 175 cm³/mol. The Labute approximate surface area is 278 Å². The van der Waals surface area contributed by atoms with Gasteiger partial charge in [0, 0.05) is 0 Å². The Hall–Kier alpha value is -1.38. The molecule has 0 aliphatic carbocycles. The highest BCUT2D eigenvalue weighted by molar-refractivity contribution is 5.94. The zero-order valence-electron chi connectivity index (χ0n) is 29.3. The zero-order valence-corrected chi connectivity index (χ0v) is 29.3. The monoisotopic (exact) mass is 666 g/mol. The minimum atomic E-state index is -0.817. The lowest BCUT2D eigenvalue weighted by Gasteiger charge is -2.10. The third-order valence-corrected chi connectivity index (χ3v) is 6.71. The predicted octanol–water partition coefficient (Wildman–Crippen LogP) is 4.78. The van der Waals surface area contributed by atoms with Crippen molar-refractivity contribution in [3.05, 3.63) is 0 Å². The van der Waals surface area contributed by atoms with E-state index in [2.05, 4.69) is 6.92 Å². The molecule has 12 heteroatoms. The lowest BCUT2D eigenvalue weighted by atomic mass is 10.1. The summed E-state index contributed by atoms with van der Waals surface area (Å²) in [6.07, 6.45) is 12.4. The van der Waals surface area contributed by atoms with E-state index >= 15 is 0 Å². The van der Waals surface area contributed by atoms with Crippen molar-refractivity contribution < 1.29 is 57.0 Å². The van der Waals surface area contributed by atoms with Gasteiger partial charge in [-0.05, 0) is 20.3 Å². The summed E-state index contributed by atoms with van der Waals surface area (Å²) in [5.41, 5.74) is 0. The van der Waals surface area contributed by atoms with E-state index in [9.17, 15) is 9.59 Å². The van der Waals surface area contributed by atoms with E-state index < -0.39 is 17.9 Å². The number of ether oxygens (including phenoxy) is 10. The van der Waals surface area contributed by atoms with Crippen LogP contribution in [0.5, 0.6) is 0 Å². The van der Waals surface area contributed by atoms with Gasteiger partial charge in [0.15, 0.2) is 5.92 Å². The number of hydrogen-bond acceptors (Lipinski definition) is 12. The van der Waals surface area contributed by atoms with Gasteiger partial charge in [-0.3, -0.25) is 9.59 Å². The van der Waals surface area contributed by atoms with Crippen LogP contribution in [0, 0.1) is 5.92 Å². The van der Waals surface area contributed by atoms with Crippen LogP contribution in [0.25, 0.3) is 0 Å². The molecule has 2 aliphatic heterocycles. The summed E-state index contributed by atoms with van der Waals surface area (Å²) in [5.74, 6) is -1.80. The number of carbonyl (C=O) groups excluding carboxylic acids is 2. The molecule has 1 unspecified atom stereocenters. The molecule has 2 fully saturated rings. The summed E-state index contributed by atoms with van der Waals surface area (Å²) in [4.78, 5) is 23.0. The third kappa shape index (κ3) is 34.0. The Bertz CT molecular complexity index is 527. The molecular formula is C34H66O12. The quantitative estimate of drug-likeness (QED) is 0.144. The lowest BCUT2D eigenvalue weighted by Crippen LogP contribution is -2.25. The fourth-order valence-corrected chi connectivity index (χ4v) is 4.01. The van der Waals surface area contributed by atoms with Crippen molar-refractivity contribution >= 4 is 11.9 Å². The smallest absolute Gasteiger partial charge is 0.320 e. The molecule has 2 aliphatic rings. The van der Waals surface area contributed by atoms with Crippen molar-refractivity contribution in [3.8, 4) is 0 Å². The van der Waals surface area contributed by atoms with Crippen molar-refractivity contribution in [1.82, 2.24) is 0 Å². The number of unbranched alkanes of at least 4 members (excludes halogenated alkanes) is 9. The van der Waals surface area contributed by atoms with Gasteiger partial charge in [0.25, 0.3) is 0 Å². The first-order chi connectivity index (χ1) is 22.6. The molecule has 46 heavy (non-hydrogen) atoms. The number of carbonyl (C=O) groups is 2. The summed E-state index contributed by atoms with van der Waals surface area (Å²) in [6, 6.07) is 0. The second-order valence-electron chi connectivity index (χ2n) is 10.7. The molecular weight excluding hydrogens is 600 g/mol. The largest absolute Gasteiger partial charge is 0.465 e. The standard InChI is InChI=1S/C18H34O4.2C8H16O4/c1-4-6-7-8-9-10-11-12-13-14-15-22-18(20)16(3)17(19)21-5-2;2*1-2-10-5-6-12-8-7-11-4-3-9-1/h16H,4-15H2,1-3H3;2*1-8H2. The second-order valence-corrected chi connectivity index (χ2v) is 10.7. The molecule has 0 N–H and O–H groups in total. The molecule has 0 bridgehead atoms. The van der Waals surface area contributed by atoms with E-state index in [1.54, 1.807) is 6.92 Å². The normalized spacial score (nSPS) is 18.2. The van der Waals surface area contributed by atoms with Gasteiger partial charge in [-0.2, -0.15) is 0 Å². The summed E-state index contributed by atoms with van der Waals surface area (Å²) < 4.78 is 51.6. The first-order valence-corrected chi connectivity index (χ1v) is 17.6. The highest BCUT2D eigenvalue weighted by Crippen LogP contribution is 2.11. The van der Waals surface area contributed by atoms with Crippen LogP contribution < -0.4 is 0 Å². The Kier molecular flexibility index (Phi) is 36.9. The summed E-state index contributed by atoms with van der Waals surface area (Å²) >= 11 is 0. The molecule has 2 rings (SSSR count). The van der Waals surface area contributed by atoms with E-state index in [0.717, 1.165) is 12.8 Å². The van der Waals surface area contributed by atoms with Crippen molar-refractivity contribution in [2.24, 2.45) is 5.92 Å². The molecule has 0 aromatic heterocycles. The fourth-order valence-electron chi connectivity index (χ4n) is 4.01. The van der Waals surface area contributed by atoms with Crippen LogP contribution in [0.1, 0.15) is 85.0 Å². The highest BCUT2D eigenvalue weighted by atomic mass is 16.6. The van der Waals surface area contributed by atoms with Crippen LogP contribution in [0.2, 0.25) is 0 Å². The van der Waals surface area contributed by atoms with E-state index in [4.69, 9.17) is 47.4 Å². The SMILES string of the molecule is C1COCCOCCOCCO1.C1COCCOCCOCCO1.CCCCCCCCCCCCOC(=O)C(C)C(=O)OCC. The van der Waals surface area contributed by atoms with Gasteiger partial charge in [-0.15, -0.1) is 0 Å². The van der Waals surface area contributed by atoms with Crippen LogP contribution >= 0.6 is 0 Å². The fraction of sp³-hybridized carbons (Fsp3) is 0.941. The van der Waals surface area contributed by atoms with Gasteiger partial charge in [0.2, 0.25) is 0 Å². The number of esters is 2. The molecule has 0 radical (unpaired) electrons. The van der Waals surface area contributed by atoms with Gasteiger partial charge in [0.05, 0.1) is 119 Å². The Morgan fingerprint density at radius 3 is 0.978 bits per heavy atom. The van der Waals surface area contributed by atoms with Gasteiger partial charge in [0.1, 0.15) is 0 Å². The van der Waals surface area contributed by atoms with Crippen molar-refractivity contribution in [1.29, 1.82) is 0 Å². The summed E-state index contributed by atoms with van der Waals surface area (Å²) in [5, 5.41) is 0. The lowest BCUT2D eigenvalue weighted by molar-refractivity contribution is -0.160. The molecule has 2 heterocycles. The molecule has 1 atom stereocenters. The number of rotatable bonds is 14. The molecule has 0 aromatic carbocycles.